The van der Waals surface area contributed by atoms with Gasteiger partial charge in [0.05, 0.1) is 5.69 Å². The minimum atomic E-state index is -0.481. The molecule has 0 unspecified atom stereocenters. The minimum absolute atomic E-state index is 0.0635. The van der Waals surface area contributed by atoms with Crippen molar-refractivity contribution in [2.75, 3.05) is 4.90 Å². The molecule has 5 nitrogen and oxygen atoms in total. The highest BCUT2D eigenvalue weighted by Gasteiger charge is 2.34. The lowest BCUT2D eigenvalue weighted by atomic mass is 10.0. The maximum atomic E-state index is 13.2. The first-order valence-corrected chi connectivity index (χ1v) is 9.31. The van der Waals surface area contributed by atoms with E-state index in [-0.39, 0.29) is 10.7 Å². The molecule has 0 bridgehead atoms. The van der Waals surface area contributed by atoms with Gasteiger partial charge in [-0.1, -0.05) is 35.9 Å². The van der Waals surface area contributed by atoms with Crippen LogP contribution in [0.2, 0.25) is 0 Å². The van der Waals surface area contributed by atoms with Crippen molar-refractivity contribution in [3.8, 4) is 0 Å². The number of nitrogens with zero attached hydrogens (tertiary/aromatic N) is 2. The van der Waals surface area contributed by atoms with Crippen molar-refractivity contribution in [1.82, 2.24) is 9.88 Å². The number of amides is 2. The molecule has 1 N–H and O–H groups in total. The van der Waals surface area contributed by atoms with Crippen LogP contribution in [0, 0.1) is 13.8 Å². The van der Waals surface area contributed by atoms with Crippen LogP contribution in [-0.2, 0) is 16.6 Å². The fourth-order valence-corrected chi connectivity index (χ4v) is 3.74. The molecule has 1 fully saturated rings. The third-order valence-electron chi connectivity index (χ3n) is 5.13. The van der Waals surface area contributed by atoms with E-state index in [4.69, 9.17) is 12.2 Å². The number of hydrogen-bond acceptors (Lipinski definition) is 3. The second-order valence-electron chi connectivity index (χ2n) is 6.87. The van der Waals surface area contributed by atoms with Gasteiger partial charge in [-0.3, -0.25) is 19.8 Å². The number of carbonyl (C=O) groups excluding carboxylic acids is 2. The van der Waals surface area contributed by atoms with Gasteiger partial charge in [-0.2, -0.15) is 0 Å². The number of para-hydroxylation sites is 1. The summed E-state index contributed by atoms with van der Waals surface area (Å²) in [6, 6.07) is 15.4. The summed E-state index contributed by atoms with van der Waals surface area (Å²) in [4.78, 5) is 27.1. The molecule has 28 heavy (non-hydrogen) atoms. The van der Waals surface area contributed by atoms with E-state index in [1.165, 1.54) is 4.90 Å². The molecular weight excluding hydrogens is 370 g/mol. The van der Waals surface area contributed by atoms with E-state index >= 15 is 0 Å². The van der Waals surface area contributed by atoms with Crippen molar-refractivity contribution in [3.63, 3.8) is 0 Å². The summed E-state index contributed by atoms with van der Waals surface area (Å²) in [6.07, 6.45) is 1.66. The Morgan fingerprint density at radius 2 is 1.68 bits per heavy atom. The number of aryl methyl sites for hydroxylation is 2. The van der Waals surface area contributed by atoms with Crippen LogP contribution in [0.1, 0.15) is 16.8 Å². The second kappa shape index (κ2) is 6.73. The lowest BCUT2D eigenvalue weighted by molar-refractivity contribution is -0.122. The van der Waals surface area contributed by atoms with E-state index in [1.54, 1.807) is 6.08 Å². The summed E-state index contributed by atoms with van der Waals surface area (Å²) in [7, 11) is 1.97. The fourth-order valence-electron chi connectivity index (χ4n) is 3.46. The zero-order valence-electron chi connectivity index (χ0n) is 15.8. The topological polar surface area (TPSA) is 54.3 Å². The maximum Gasteiger partial charge on any atom is 0.270 e. The molecule has 2 aromatic carbocycles. The number of fused-ring (bicyclic) bond motifs is 1. The monoisotopic (exact) mass is 389 g/mol. The SMILES string of the molecule is Cc1ccc(N2C(=O)C(=Cc3c(C)n(C)c4ccccc34)C(=O)NC2=S)cc1. The molecule has 0 spiro atoms. The quantitative estimate of drug-likeness (QED) is 0.414. The summed E-state index contributed by atoms with van der Waals surface area (Å²) in [5.41, 5.74) is 4.64. The summed E-state index contributed by atoms with van der Waals surface area (Å²) in [6.45, 7) is 3.94. The molecule has 0 saturated carbocycles. The van der Waals surface area contributed by atoms with Crippen LogP contribution in [0.4, 0.5) is 5.69 Å². The average molecular weight is 389 g/mol. The first kappa shape index (κ1) is 18.1. The zero-order chi connectivity index (χ0) is 20.0. The Bertz CT molecular complexity index is 1170. The van der Waals surface area contributed by atoms with Gasteiger partial charge in [0.25, 0.3) is 11.8 Å². The molecule has 0 radical (unpaired) electrons. The van der Waals surface area contributed by atoms with Crippen molar-refractivity contribution in [2.24, 2.45) is 7.05 Å². The molecule has 4 rings (SSSR count). The van der Waals surface area contributed by atoms with Crippen molar-refractivity contribution in [1.29, 1.82) is 0 Å². The van der Waals surface area contributed by atoms with E-state index in [0.717, 1.165) is 27.7 Å². The van der Waals surface area contributed by atoms with Gasteiger partial charge >= 0.3 is 0 Å². The summed E-state index contributed by atoms with van der Waals surface area (Å²) >= 11 is 5.26. The third kappa shape index (κ3) is 2.82. The standard InChI is InChI=1S/C22H19N3O2S/c1-13-8-10-15(11-9-13)25-21(27)18(20(26)23-22(25)28)12-17-14(2)24(3)19-7-5-4-6-16(17)19/h4-12H,1-3H3,(H,23,26,28). The van der Waals surface area contributed by atoms with Gasteiger partial charge in [0, 0.05) is 29.2 Å². The number of benzene rings is 2. The molecule has 3 aromatic rings. The van der Waals surface area contributed by atoms with Crippen molar-refractivity contribution in [2.45, 2.75) is 13.8 Å². The number of nitrogens with one attached hydrogen (secondary N) is 1. The van der Waals surface area contributed by atoms with Gasteiger partial charge in [-0.05, 0) is 50.3 Å². The molecule has 6 heteroatoms. The van der Waals surface area contributed by atoms with Crippen LogP contribution in [0.3, 0.4) is 0 Å². The fraction of sp³-hybridized carbons (Fsp3) is 0.136. The van der Waals surface area contributed by atoms with Crippen LogP contribution < -0.4 is 10.2 Å². The van der Waals surface area contributed by atoms with E-state index in [1.807, 2.05) is 69.4 Å². The number of anilines is 1. The Labute approximate surface area is 168 Å². The van der Waals surface area contributed by atoms with E-state index < -0.39 is 11.8 Å². The molecule has 140 valence electrons. The zero-order valence-corrected chi connectivity index (χ0v) is 16.6. The maximum absolute atomic E-state index is 13.2. The van der Waals surface area contributed by atoms with E-state index in [9.17, 15) is 9.59 Å². The smallest absolute Gasteiger partial charge is 0.270 e. The van der Waals surface area contributed by atoms with Crippen molar-refractivity contribution >= 4 is 51.8 Å². The van der Waals surface area contributed by atoms with Gasteiger partial charge < -0.3 is 4.57 Å². The van der Waals surface area contributed by atoms with Crippen molar-refractivity contribution in [3.05, 3.63) is 70.9 Å². The van der Waals surface area contributed by atoms with Crippen LogP contribution in [0.25, 0.3) is 17.0 Å². The number of hydrogen-bond donors (Lipinski definition) is 1. The third-order valence-corrected chi connectivity index (χ3v) is 5.42. The Kier molecular flexibility index (Phi) is 4.35. The number of rotatable bonds is 2. The highest BCUT2D eigenvalue weighted by atomic mass is 32.1. The Morgan fingerprint density at radius 1 is 1.00 bits per heavy atom. The molecular formula is C22H19N3O2S. The molecule has 1 aliphatic heterocycles. The lowest BCUT2D eigenvalue weighted by Crippen LogP contribution is -2.54. The summed E-state index contributed by atoms with van der Waals surface area (Å²) < 4.78 is 2.05. The van der Waals surface area contributed by atoms with Gasteiger partial charge in [0.2, 0.25) is 0 Å². The van der Waals surface area contributed by atoms with E-state index in [2.05, 4.69) is 9.88 Å². The van der Waals surface area contributed by atoms with E-state index in [0.29, 0.717) is 5.69 Å². The number of aromatic nitrogens is 1. The van der Waals surface area contributed by atoms with Gasteiger partial charge in [0.15, 0.2) is 5.11 Å². The highest BCUT2D eigenvalue weighted by Crippen LogP contribution is 2.29. The van der Waals surface area contributed by atoms with Crippen molar-refractivity contribution < 1.29 is 9.59 Å². The summed E-state index contributed by atoms with van der Waals surface area (Å²) in [5.74, 6) is -0.907. The second-order valence-corrected chi connectivity index (χ2v) is 7.26. The minimum Gasteiger partial charge on any atom is -0.347 e. The molecule has 0 atom stereocenters. The highest BCUT2D eigenvalue weighted by molar-refractivity contribution is 7.80. The van der Waals surface area contributed by atoms with Crippen LogP contribution in [0.15, 0.2) is 54.1 Å². The number of thiocarbonyl (C=S) groups is 1. The predicted molar refractivity (Wildman–Crippen MR) is 115 cm³/mol. The molecule has 1 aromatic heterocycles. The molecule has 1 saturated heterocycles. The predicted octanol–water partition coefficient (Wildman–Crippen LogP) is 3.63. The van der Waals surface area contributed by atoms with Crippen LogP contribution in [-0.4, -0.2) is 21.5 Å². The Hall–Kier alpha value is -3.25. The Morgan fingerprint density at radius 3 is 2.39 bits per heavy atom. The van der Waals surface area contributed by atoms with Gasteiger partial charge in [-0.15, -0.1) is 0 Å². The Balaban J connectivity index is 1.84. The average Bonchev–Trinajstić information content (AvgIpc) is 2.91. The molecule has 2 heterocycles. The summed E-state index contributed by atoms with van der Waals surface area (Å²) in [5, 5.41) is 3.72. The van der Waals surface area contributed by atoms with Crippen LogP contribution in [0.5, 0.6) is 0 Å². The molecule has 0 aliphatic carbocycles. The van der Waals surface area contributed by atoms with Crippen LogP contribution >= 0.6 is 12.2 Å². The molecule has 1 aliphatic rings. The first-order valence-electron chi connectivity index (χ1n) is 8.90. The number of carbonyl (C=O) groups is 2. The lowest BCUT2D eigenvalue weighted by Gasteiger charge is -2.29. The normalized spacial score (nSPS) is 16.2. The molecule has 2 amide bonds. The van der Waals surface area contributed by atoms with Gasteiger partial charge in [0.1, 0.15) is 5.57 Å². The largest absolute Gasteiger partial charge is 0.347 e. The van der Waals surface area contributed by atoms with Gasteiger partial charge in [-0.25, -0.2) is 0 Å². The first-order chi connectivity index (χ1) is 13.4.